The van der Waals surface area contributed by atoms with Gasteiger partial charge >= 0.3 is 0 Å². The van der Waals surface area contributed by atoms with Gasteiger partial charge in [-0.25, -0.2) is 0 Å². The lowest BCUT2D eigenvalue weighted by Gasteiger charge is -1.99. The maximum atomic E-state index is 5.79. The molecule has 0 atom stereocenters. The van der Waals surface area contributed by atoms with Gasteiger partial charge in [-0.05, 0) is 29.8 Å². The Balaban J connectivity index is 2.18. The zero-order valence-electron chi connectivity index (χ0n) is 9.13. The second-order valence-electron chi connectivity index (χ2n) is 3.62. The van der Waals surface area contributed by atoms with E-state index in [4.69, 9.17) is 26.3 Å². The summed E-state index contributed by atoms with van der Waals surface area (Å²) in [5.74, 6) is 0.713. The average molecular weight is 262 g/mol. The first kappa shape index (κ1) is 10.9. The fourth-order valence-electron chi connectivity index (χ4n) is 1.70. The minimum absolute atomic E-state index is 0.213. The molecule has 3 aromatic heterocycles. The van der Waals surface area contributed by atoms with Crippen LogP contribution in [0.1, 0.15) is 0 Å². The molecule has 0 aliphatic heterocycles. The van der Waals surface area contributed by atoms with Crippen LogP contribution in [0.2, 0.25) is 5.22 Å². The Hall–Kier alpha value is -2.27. The molecule has 0 bridgehead atoms. The molecular formula is C12H8ClN3O2. The Morgan fingerprint density at radius 3 is 2.78 bits per heavy atom. The van der Waals surface area contributed by atoms with E-state index in [1.165, 1.54) is 0 Å². The molecule has 2 N–H and O–H groups in total. The zero-order valence-corrected chi connectivity index (χ0v) is 9.89. The molecular weight excluding hydrogens is 254 g/mol. The molecule has 0 amide bonds. The van der Waals surface area contributed by atoms with Crippen LogP contribution >= 0.6 is 11.6 Å². The van der Waals surface area contributed by atoms with Crippen molar-refractivity contribution in [1.29, 1.82) is 0 Å². The lowest BCUT2D eigenvalue weighted by atomic mass is 10.1. The Morgan fingerprint density at radius 2 is 2.11 bits per heavy atom. The first-order valence-corrected chi connectivity index (χ1v) is 5.55. The predicted octanol–water partition coefficient (Wildman–Crippen LogP) is 3.23. The van der Waals surface area contributed by atoms with Gasteiger partial charge in [0.1, 0.15) is 0 Å². The van der Waals surface area contributed by atoms with Crippen LogP contribution in [0.25, 0.3) is 22.6 Å². The Morgan fingerprint density at radius 1 is 1.22 bits per heavy atom. The molecule has 0 spiro atoms. The largest absolute Gasteiger partial charge is 0.443 e. The van der Waals surface area contributed by atoms with Crippen molar-refractivity contribution >= 4 is 17.5 Å². The summed E-state index contributed by atoms with van der Waals surface area (Å²) in [6, 6.07) is 7.01. The molecule has 90 valence electrons. The highest BCUT2D eigenvalue weighted by molar-refractivity contribution is 6.29. The van der Waals surface area contributed by atoms with E-state index in [1.807, 2.05) is 6.07 Å². The Labute approximate surface area is 107 Å². The number of nitrogen functional groups attached to an aromatic ring is 1. The third-order valence-corrected chi connectivity index (χ3v) is 2.68. The van der Waals surface area contributed by atoms with E-state index < -0.39 is 0 Å². The number of hydrogen-bond acceptors (Lipinski definition) is 5. The summed E-state index contributed by atoms with van der Waals surface area (Å²) in [7, 11) is 0. The van der Waals surface area contributed by atoms with Gasteiger partial charge in [0, 0.05) is 18.0 Å². The number of nitrogens with zero attached hydrogens (tertiary/aromatic N) is 2. The van der Waals surface area contributed by atoms with E-state index in [0.717, 1.165) is 5.56 Å². The highest BCUT2D eigenvalue weighted by atomic mass is 35.5. The lowest BCUT2D eigenvalue weighted by molar-refractivity contribution is 0.436. The van der Waals surface area contributed by atoms with Crippen LogP contribution in [0.5, 0.6) is 0 Å². The highest BCUT2D eigenvalue weighted by Crippen LogP contribution is 2.36. The number of rotatable bonds is 2. The number of pyridine rings is 1. The van der Waals surface area contributed by atoms with Crippen molar-refractivity contribution in [1.82, 2.24) is 10.1 Å². The van der Waals surface area contributed by atoms with Gasteiger partial charge in [-0.1, -0.05) is 11.2 Å². The fraction of sp³-hybridized carbons (Fsp3) is 0. The summed E-state index contributed by atoms with van der Waals surface area (Å²) in [5, 5.41) is 4.18. The molecule has 0 unspecified atom stereocenters. The molecule has 3 aromatic rings. The van der Waals surface area contributed by atoms with Crippen molar-refractivity contribution in [2.45, 2.75) is 0 Å². The number of hydrogen-bond donors (Lipinski definition) is 1. The number of furan rings is 1. The Kier molecular flexibility index (Phi) is 2.53. The molecule has 18 heavy (non-hydrogen) atoms. The zero-order chi connectivity index (χ0) is 12.5. The normalized spacial score (nSPS) is 10.7. The molecule has 3 rings (SSSR count). The molecule has 0 aliphatic rings. The number of anilines is 1. The smallest absolute Gasteiger partial charge is 0.230 e. The van der Waals surface area contributed by atoms with Crippen LogP contribution in [0.3, 0.4) is 0 Å². The predicted molar refractivity (Wildman–Crippen MR) is 66.9 cm³/mol. The first-order valence-electron chi connectivity index (χ1n) is 5.17. The van der Waals surface area contributed by atoms with Gasteiger partial charge in [0.05, 0.1) is 5.56 Å². The molecule has 5 nitrogen and oxygen atoms in total. The quantitative estimate of drug-likeness (QED) is 0.766. The second kappa shape index (κ2) is 4.19. The van der Waals surface area contributed by atoms with Crippen LogP contribution in [-0.2, 0) is 0 Å². The fourth-order valence-corrected chi connectivity index (χ4v) is 1.85. The van der Waals surface area contributed by atoms with Crippen molar-refractivity contribution in [3.05, 3.63) is 41.9 Å². The third kappa shape index (κ3) is 1.74. The summed E-state index contributed by atoms with van der Waals surface area (Å²) in [5.41, 5.74) is 7.74. The summed E-state index contributed by atoms with van der Waals surface area (Å²) < 4.78 is 10.3. The maximum Gasteiger partial charge on any atom is 0.230 e. The highest BCUT2D eigenvalue weighted by Gasteiger charge is 2.19. The van der Waals surface area contributed by atoms with Crippen molar-refractivity contribution in [2.24, 2.45) is 0 Å². The molecule has 0 radical (unpaired) electrons. The van der Waals surface area contributed by atoms with Crippen LogP contribution in [0, 0.1) is 0 Å². The van der Waals surface area contributed by atoms with Crippen molar-refractivity contribution in [2.75, 3.05) is 5.73 Å². The average Bonchev–Trinajstić information content (AvgIpc) is 2.96. The van der Waals surface area contributed by atoms with Gasteiger partial charge in [-0.2, -0.15) is 0 Å². The van der Waals surface area contributed by atoms with Crippen LogP contribution in [-0.4, -0.2) is 10.1 Å². The van der Waals surface area contributed by atoms with Gasteiger partial charge < -0.3 is 14.7 Å². The maximum absolute atomic E-state index is 5.79. The summed E-state index contributed by atoms with van der Waals surface area (Å²) in [4.78, 5) is 4.04. The van der Waals surface area contributed by atoms with Gasteiger partial charge in [0.2, 0.25) is 5.88 Å². The van der Waals surface area contributed by atoms with E-state index in [9.17, 15) is 0 Å². The minimum atomic E-state index is 0.213. The monoisotopic (exact) mass is 261 g/mol. The topological polar surface area (TPSA) is 78.1 Å². The van der Waals surface area contributed by atoms with Crippen molar-refractivity contribution in [3.63, 3.8) is 0 Å². The van der Waals surface area contributed by atoms with E-state index in [-0.39, 0.29) is 11.1 Å². The molecule has 0 saturated heterocycles. The van der Waals surface area contributed by atoms with E-state index >= 15 is 0 Å². The van der Waals surface area contributed by atoms with E-state index in [2.05, 4.69) is 10.1 Å². The molecule has 6 heteroatoms. The third-order valence-electron chi connectivity index (χ3n) is 2.48. The van der Waals surface area contributed by atoms with Crippen LogP contribution in [0.4, 0.5) is 5.88 Å². The second-order valence-corrected chi connectivity index (χ2v) is 3.99. The molecule has 0 aromatic carbocycles. The number of halogens is 1. The van der Waals surface area contributed by atoms with Gasteiger partial charge in [-0.3, -0.25) is 4.98 Å². The molecule has 3 heterocycles. The summed E-state index contributed by atoms with van der Waals surface area (Å²) >= 11 is 5.75. The summed E-state index contributed by atoms with van der Waals surface area (Å²) in [6.45, 7) is 0. The molecule has 0 aliphatic carbocycles. The van der Waals surface area contributed by atoms with Crippen molar-refractivity contribution in [3.8, 4) is 22.6 Å². The lowest BCUT2D eigenvalue weighted by Crippen LogP contribution is -1.87. The van der Waals surface area contributed by atoms with Crippen molar-refractivity contribution < 1.29 is 8.94 Å². The van der Waals surface area contributed by atoms with Gasteiger partial charge in [0.15, 0.2) is 16.7 Å². The first-order chi connectivity index (χ1) is 8.75. The Bertz CT molecular complexity index is 676. The number of aromatic nitrogens is 2. The minimum Gasteiger partial charge on any atom is -0.443 e. The van der Waals surface area contributed by atoms with Crippen LogP contribution < -0.4 is 5.73 Å². The molecule has 0 fully saturated rings. The van der Waals surface area contributed by atoms with Crippen LogP contribution in [0.15, 0.2) is 45.6 Å². The molecule has 0 saturated carbocycles. The van der Waals surface area contributed by atoms with Gasteiger partial charge in [0.25, 0.3) is 0 Å². The van der Waals surface area contributed by atoms with Gasteiger partial charge in [-0.15, -0.1) is 0 Å². The van der Waals surface area contributed by atoms with E-state index in [0.29, 0.717) is 17.0 Å². The summed E-state index contributed by atoms with van der Waals surface area (Å²) in [6.07, 6.45) is 3.35. The standard InChI is InChI=1S/C12H8ClN3O2/c13-9-4-3-8(17-9)11-10(12(14)18-16-11)7-2-1-5-15-6-7/h1-6H,14H2. The number of nitrogens with two attached hydrogens (primary N) is 1. The van der Waals surface area contributed by atoms with E-state index in [1.54, 1.807) is 30.6 Å². The SMILES string of the molecule is Nc1onc(-c2ccc(Cl)o2)c1-c1cccnc1.